The fourth-order valence-electron chi connectivity index (χ4n) is 2.69. The molecule has 2 rings (SSSR count). The summed E-state index contributed by atoms with van der Waals surface area (Å²) >= 11 is 1.33. The number of nitrogens with zero attached hydrogens (tertiary/aromatic N) is 1. The van der Waals surface area contributed by atoms with E-state index in [0.717, 1.165) is 24.1 Å². The summed E-state index contributed by atoms with van der Waals surface area (Å²) in [6.07, 6.45) is 3.69. The van der Waals surface area contributed by atoms with E-state index >= 15 is 0 Å². The van der Waals surface area contributed by atoms with Crippen molar-refractivity contribution in [2.45, 2.75) is 40.0 Å². The average molecular weight is 310 g/mol. The summed E-state index contributed by atoms with van der Waals surface area (Å²) in [6.45, 7) is 8.10. The number of aromatic nitrogens is 1. The van der Waals surface area contributed by atoms with Crippen molar-refractivity contribution >= 4 is 28.2 Å². The first-order valence-corrected chi connectivity index (χ1v) is 8.55. The normalized spacial score (nSPS) is 21.7. The Morgan fingerprint density at radius 1 is 1.48 bits per heavy atom. The third-order valence-corrected chi connectivity index (χ3v) is 4.90. The zero-order chi connectivity index (χ0) is 15.4. The molecule has 1 fully saturated rings. The Morgan fingerprint density at radius 2 is 2.24 bits per heavy atom. The van der Waals surface area contributed by atoms with E-state index in [1.54, 1.807) is 0 Å². The first kappa shape index (κ1) is 16.1. The Labute approximate surface area is 130 Å². The molecule has 5 nitrogen and oxygen atoms in total. The van der Waals surface area contributed by atoms with Gasteiger partial charge in [0.1, 0.15) is 10.7 Å². The molecular weight excluding hydrogens is 284 g/mol. The SMILES string of the molecule is CC(C)CNc1nc(N)c(C(=O)NCC2CCC(C)C2)s1. The van der Waals surface area contributed by atoms with Crippen molar-refractivity contribution in [2.24, 2.45) is 17.8 Å². The van der Waals surface area contributed by atoms with E-state index in [1.807, 2.05) is 0 Å². The Morgan fingerprint density at radius 3 is 2.86 bits per heavy atom. The Bertz CT molecular complexity index is 486. The highest BCUT2D eigenvalue weighted by molar-refractivity contribution is 7.18. The lowest BCUT2D eigenvalue weighted by atomic mass is 10.1. The molecule has 1 aromatic heterocycles. The van der Waals surface area contributed by atoms with Gasteiger partial charge in [-0.15, -0.1) is 0 Å². The molecule has 1 amide bonds. The van der Waals surface area contributed by atoms with Crippen LogP contribution in [-0.4, -0.2) is 24.0 Å². The van der Waals surface area contributed by atoms with E-state index in [2.05, 4.69) is 36.4 Å². The highest BCUT2D eigenvalue weighted by Crippen LogP contribution is 2.30. The van der Waals surface area contributed by atoms with Crippen LogP contribution in [0.4, 0.5) is 10.9 Å². The van der Waals surface area contributed by atoms with E-state index < -0.39 is 0 Å². The Kier molecular flexibility index (Phi) is 5.45. The number of anilines is 2. The second-order valence-corrected chi connectivity index (χ2v) is 7.50. The summed E-state index contributed by atoms with van der Waals surface area (Å²) in [6, 6.07) is 0. The monoisotopic (exact) mass is 310 g/mol. The van der Waals surface area contributed by atoms with Crippen molar-refractivity contribution in [3.8, 4) is 0 Å². The van der Waals surface area contributed by atoms with Gasteiger partial charge in [0, 0.05) is 13.1 Å². The lowest BCUT2D eigenvalue weighted by Crippen LogP contribution is -2.28. The van der Waals surface area contributed by atoms with Crippen LogP contribution in [0, 0.1) is 17.8 Å². The molecule has 1 heterocycles. The van der Waals surface area contributed by atoms with E-state index in [0.29, 0.717) is 22.5 Å². The van der Waals surface area contributed by atoms with Gasteiger partial charge in [0.05, 0.1) is 0 Å². The van der Waals surface area contributed by atoms with Gasteiger partial charge in [-0.2, -0.15) is 0 Å². The highest BCUT2D eigenvalue weighted by atomic mass is 32.1. The third-order valence-electron chi connectivity index (χ3n) is 3.88. The van der Waals surface area contributed by atoms with Gasteiger partial charge in [-0.25, -0.2) is 4.98 Å². The van der Waals surface area contributed by atoms with Gasteiger partial charge < -0.3 is 16.4 Å². The topological polar surface area (TPSA) is 80.0 Å². The molecule has 0 spiro atoms. The number of carbonyl (C=O) groups excluding carboxylic acids is 1. The molecule has 2 atom stereocenters. The molecule has 118 valence electrons. The van der Waals surface area contributed by atoms with Crippen molar-refractivity contribution in [1.29, 1.82) is 0 Å². The van der Waals surface area contributed by atoms with Crippen LogP contribution in [0.3, 0.4) is 0 Å². The number of amides is 1. The van der Waals surface area contributed by atoms with Gasteiger partial charge in [-0.05, 0) is 30.6 Å². The van der Waals surface area contributed by atoms with Crippen molar-refractivity contribution in [3.63, 3.8) is 0 Å². The maximum absolute atomic E-state index is 12.2. The van der Waals surface area contributed by atoms with E-state index in [1.165, 1.54) is 30.6 Å². The number of carbonyl (C=O) groups is 1. The zero-order valence-corrected chi connectivity index (χ0v) is 13.9. The lowest BCUT2D eigenvalue weighted by Gasteiger charge is -2.10. The number of hydrogen-bond acceptors (Lipinski definition) is 5. The summed E-state index contributed by atoms with van der Waals surface area (Å²) in [7, 11) is 0. The Hall–Kier alpha value is -1.30. The molecule has 21 heavy (non-hydrogen) atoms. The lowest BCUT2D eigenvalue weighted by molar-refractivity contribution is 0.0952. The maximum atomic E-state index is 12.2. The summed E-state index contributed by atoms with van der Waals surface area (Å²) < 4.78 is 0. The standard InChI is InChI=1S/C15H26N4OS/c1-9(2)7-18-15-19-13(16)12(21-15)14(20)17-8-11-5-4-10(3)6-11/h9-11H,4-8,16H2,1-3H3,(H,17,20)(H,18,19). The molecule has 0 aromatic carbocycles. The van der Waals surface area contributed by atoms with Crippen LogP contribution in [-0.2, 0) is 0 Å². The van der Waals surface area contributed by atoms with Gasteiger partial charge in [0.2, 0.25) is 0 Å². The van der Waals surface area contributed by atoms with Crippen LogP contribution in [0.1, 0.15) is 49.7 Å². The first-order valence-electron chi connectivity index (χ1n) is 7.74. The van der Waals surface area contributed by atoms with Gasteiger partial charge in [0.15, 0.2) is 5.13 Å². The quantitative estimate of drug-likeness (QED) is 0.754. The molecule has 1 aliphatic rings. The summed E-state index contributed by atoms with van der Waals surface area (Å²) in [5.74, 6) is 2.14. The minimum Gasteiger partial charge on any atom is -0.382 e. The van der Waals surface area contributed by atoms with E-state index in [-0.39, 0.29) is 5.91 Å². The fraction of sp³-hybridized carbons (Fsp3) is 0.733. The minimum absolute atomic E-state index is 0.0952. The molecule has 4 N–H and O–H groups in total. The van der Waals surface area contributed by atoms with Gasteiger partial charge in [0.25, 0.3) is 5.91 Å². The average Bonchev–Trinajstić information content (AvgIpc) is 3.00. The molecule has 0 aliphatic heterocycles. The number of nitrogens with two attached hydrogens (primary N) is 1. The number of hydrogen-bond donors (Lipinski definition) is 3. The number of thiazole rings is 1. The van der Waals surface area contributed by atoms with Crippen molar-refractivity contribution in [1.82, 2.24) is 10.3 Å². The number of nitrogens with one attached hydrogen (secondary N) is 2. The second-order valence-electron chi connectivity index (χ2n) is 6.50. The number of rotatable bonds is 6. The molecule has 1 aliphatic carbocycles. The van der Waals surface area contributed by atoms with Crippen molar-refractivity contribution in [3.05, 3.63) is 4.88 Å². The van der Waals surface area contributed by atoms with Gasteiger partial charge in [-0.1, -0.05) is 38.5 Å². The fourth-order valence-corrected chi connectivity index (χ4v) is 3.50. The van der Waals surface area contributed by atoms with Crippen LogP contribution in [0.15, 0.2) is 0 Å². The molecule has 2 unspecified atom stereocenters. The molecule has 6 heteroatoms. The van der Waals surface area contributed by atoms with Crippen LogP contribution in [0.25, 0.3) is 0 Å². The van der Waals surface area contributed by atoms with Crippen molar-refractivity contribution in [2.75, 3.05) is 24.1 Å². The smallest absolute Gasteiger partial charge is 0.265 e. The van der Waals surface area contributed by atoms with Crippen LogP contribution >= 0.6 is 11.3 Å². The largest absolute Gasteiger partial charge is 0.382 e. The van der Waals surface area contributed by atoms with Crippen LogP contribution < -0.4 is 16.4 Å². The second kappa shape index (κ2) is 7.11. The maximum Gasteiger partial charge on any atom is 0.265 e. The van der Waals surface area contributed by atoms with E-state index in [9.17, 15) is 4.79 Å². The number of nitrogen functional groups attached to an aromatic ring is 1. The van der Waals surface area contributed by atoms with E-state index in [4.69, 9.17) is 5.73 Å². The summed E-state index contributed by atoms with van der Waals surface area (Å²) in [4.78, 5) is 16.9. The molecule has 0 radical (unpaired) electrons. The minimum atomic E-state index is -0.0952. The third kappa shape index (κ3) is 4.59. The van der Waals surface area contributed by atoms with Gasteiger partial charge >= 0.3 is 0 Å². The van der Waals surface area contributed by atoms with Crippen LogP contribution in [0.2, 0.25) is 0 Å². The Balaban J connectivity index is 1.86. The zero-order valence-electron chi connectivity index (χ0n) is 13.1. The predicted molar refractivity (Wildman–Crippen MR) is 88.7 cm³/mol. The van der Waals surface area contributed by atoms with Gasteiger partial charge in [-0.3, -0.25) is 4.79 Å². The molecule has 0 bridgehead atoms. The van der Waals surface area contributed by atoms with Crippen molar-refractivity contribution < 1.29 is 4.79 Å². The summed E-state index contributed by atoms with van der Waals surface area (Å²) in [5, 5.41) is 6.94. The first-order chi connectivity index (χ1) is 9.95. The van der Waals surface area contributed by atoms with Crippen LogP contribution in [0.5, 0.6) is 0 Å². The highest BCUT2D eigenvalue weighted by Gasteiger charge is 2.23. The molecule has 1 saturated carbocycles. The molecule has 1 aromatic rings. The molecule has 0 saturated heterocycles. The summed E-state index contributed by atoms with van der Waals surface area (Å²) in [5.41, 5.74) is 5.85. The predicted octanol–water partition coefficient (Wildman–Crippen LogP) is 2.96. The molecular formula is C15H26N4OS.